The molecule has 0 bridgehead atoms. The molecule has 0 fully saturated rings. The monoisotopic (exact) mass is 319 g/mol. The van der Waals surface area contributed by atoms with Gasteiger partial charge in [0.25, 0.3) is 0 Å². The molecule has 2 aromatic rings. The predicted molar refractivity (Wildman–Crippen MR) is 87.9 cm³/mol. The maximum atomic E-state index is 12.1. The molecule has 22 heavy (non-hydrogen) atoms. The zero-order chi connectivity index (χ0) is 15.9. The van der Waals surface area contributed by atoms with Gasteiger partial charge >= 0.3 is 0 Å². The first-order valence-corrected chi connectivity index (χ1v) is 7.27. The van der Waals surface area contributed by atoms with Crippen LogP contribution in [0.2, 0.25) is 5.02 Å². The minimum absolute atomic E-state index is 0.110. The van der Waals surface area contributed by atoms with Gasteiger partial charge in [0.1, 0.15) is 11.5 Å². The summed E-state index contributed by atoms with van der Waals surface area (Å²) in [5.74, 6) is 1.32. The van der Waals surface area contributed by atoms with Crippen LogP contribution in [0.15, 0.2) is 42.5 Å². The van der Waals surface area contributed by atoms with Crippen molar-refractivity contribution in [3.05, 3.63) is 53.1 Å². The highest BCUT2D eigenvalue weighted by Gasteiger charge is 2.12. The number of carbonyl (C=O) groups excluding carboxylic acids is 1. The Labute approximate surface area is 135 Å². The first-order chi connectivity index (χ1) is 10.7. The molecule has 0 aromatic heterocycles. The van der Waals surface area contributed by atoms with Gasteiger partial charge in [-0.15, -0.1) is 0 Å². The standard InChI is InChI=1S/C17H18ClNO3/c1-21-15-8-5-9-16(22-2)12(15)10-11-17(20)19-14-7-4-3-6-13(14)18/h3-9H,10-11H2,1-2H3,(H,19,20). The fourth-order valence-corrected chi connectivity index (χ4v) is 2.37. The first kappa shape index (κ1) is 16.2. The van der Waals surface area contributed by atoms with Crippen molar-refractivity contribution in [3.8, 4) is 11.5 Å². The van der Waals surface area contributed by atoms with E-state index in [-0.39, 0.29) is 5.91 Å². The highest BCUT2D eigenvalue weighted by Crippen LogP contribution is 2.29. The van der Waals surface area contributed by atoms with E-state index in [9.17, 15) is 4.79 Å². The van der Waals surface area contributed by atoms with E-state index in [4.69, 9.17) is 21.1 Å². The molecule has 0 radical (unpaired) electrons. The Morgan fingerprint density at radius 1 is 1.05 bits per heavy atom. The molecular weight excluding hydrogens is 302 g/mol. The Balaban J connectivity index is 2.04. The van der Waals surface area contributed by atoms with Gasteiger partial charge < -0.3 is 14.8 Å². The fraction of sp³-hybridized carbons (Fsp3) is 0.235. The average molecular weight is 320 g/mol. The summed E-state index contributed by atoms with van der Waals surface area (Å²) in [6.45, 7) is 0. The van der Waals surface area contributed by atoms with Gasteiger partial charge in [0.05, 0.1) is 24.9 Å². The molecule has 0 saturated carbocycles. The lowest BCUT2D eigenvalue weighted by molar-refractivity contribution is -0.116. The molecule has 0 atom stereocenters. The molecule has 0 spiro atoms. The van der Waals surface area contributed by atoms with Crippen LogP contribution in [-0.2, 0) is 11.2 Å². The third-order valence-corrected chi connectivity index (χ3v) is 3.61. The summed E-state index contributed by atoms with van der Waals surface area (Å²) in [6.07, 6.45) is 0.825. The number of carbonyl (C=O) groups is 1. The Morgan fingerprint density at radius 3 is 2.27 bits per heavy atom. The minimum Gasteiger partial charge on any atom is -0.496 e. The quantitative estimate of drug-likeness (QED) is 0.877. The molecule has 0 unspecified atom stereocenters. The summed E-state index contributed by atoms with van der Waals surface area (Å²) in [7, 11) is 3.20. The van der Waals surface area contributed by atoms with Crippen LogP contribution in [0.5, 0.6) is 11.5 Å². The Morgan fingerprint density at radius 2 is 1.68 bits per heavy atom. The Kier molecular flexibility index (Phi) is 5.67. The van der Waals surface area contributed by atoms with Crippen LogP contribution < -0.4 is 14.8 Å². The highest BCUT2D eigenvalue weighted by molar-refractivity contribution is 6.33. The lowest BCUT2D eigenvalue weighted by atomic mass is 10.1. The molecule has 2 rings (SSSR count). The molecule has 4 nitrogen and oxygen atoms in total. The molecule has 0 saturated heterocycles. The topological polar surface area (TPSA) is 47.6 Å². The number of ether oxygens (including phenoxy) is 2. The molecular formula is C17H18ClNO3. The van der Waals surface area contributed by atoms with Gasteiger partial charge in [-0.2, -0.15) is 0 Å². The van der Waals surface area contributed by atoms with E-state index < -0.39 is 0 Å². The lowest BCUT2D eigenvalue weighted by Gasteiger charge is -2.13. The van der Waals surface area contributed by atoms with Crippen molar-refractivity contribution in [3.63, 3.8) is 0 Å². The maximum absolute atomic E-state index is 12.1. The van der Waals surface area contributed by atoms with Gasteiger partial charge in [0.15, 0.2) is 0 Å². The van der Waals surface area contributed by atoms with Crippen molar-refractivity contribution in [1.29, 1.82) is 0 Å². The molecule has 5 heteroatoms. The molecule has 0 heterocycles. The Bertz CT molecular complexity index is 636. The number of nitrogens with one attached hydrogen (secondary N) is 1. The van der Waals surface area contributed by atoms with Gasteiger partial charge in [-0.3, -0.25) is 4.79 Å². The highest BCUT2D eigenvalue weighted by atomic mass is 35.5. The average Bonchev–Trinajstić information content (AvgIpc) is 2.54. The molecule has 0 aliphatic rings. The predicted octanol–water partition coefficient (Wildman–Crippen LogP) is 3.93. The third-order valence-electron chi connectivity index (χ3n) is 3.28. The van der Waals surface area contributed by atoms with Crippen molar-refractivity contribution >= 4 is 23.2 Å². The number of benzene rings is 2. The number of rotatable bonds is 6. The summed E-state index contributed by atoms with van der Waals surface area (Å²) in [6, 6.07) is 12.7. The number of hydrogen-bond donors (Lipinski definition) is 1. The Hall–Kier alpha value is -2.20. The van der Waals surface area contributed by atoms with Gasteiger partial charge in [-0.05, 0) is 30.7 Å². The number of hydrogen-bond acceptors (Lipinski definition) is 3. The zero-order valence-electron chi connectivity index (χ0n) is 12.6. The van der Waals surface area contributed by atoms with E-state index in [0.717, 1.165) is 5.56 Å². The van der Waals surface area contributed by atoms with Crippen molar-refractivity contribution in [2.45, 2.75) is 12.8 Å². The van der Waals surface area contributed by atoms with Crippen LogP contribution in [0.4, 0.5) is 5.69 Å². The molecule has 2 aromatic carbocycles. The van der Waals surface area contributed by atoms with Gasteiger partial charge in [-0.25, -0.2) is 0 Å². The van der Waals surface area contributed by atoms with E-state index in [1.54, 1.807) is 26.4 Å². The van der Waals surface area contributed by atoms with Gasteiger partial charge in [0, 0.05) is 12.0 Å². The van der Waals surface area contributed by atoms with E-state index in [2.05, 4.69) is 5.32 Å². The summed E-state index contributed by atoms with van der Waals surface area (Å²) in [4.78, 5) is 12.1. The van der Waals surface area contributed by atoms with Crippen molar-refractivity contribution < 1.29 is 14.3 Å². The van der Waals surface area contributed by atoms with Crippen LogP contribution in [0.3, 0.4) is 0 Å². The number of para-hydroxylation sites is 1. The number of methoxy groups -OCH3 is 2. The van der Waals surface area contributed by atoms with Crippen molar-refractivity contribution in [1.82, 2.24) is 0 Å². The molecule has 116 valence electrons. The van der Waals surface area contributed by atoms with E-state index >= 15 is 0 Å². The third kappa shape index (κ3) is 3.92. The summed E-state index contributed by atoms with van der Waals surface area (Å²) < 4.78 is 10.6. The first-order valence-electron chi connectivity index (χ1n) is 6.90. The molecule has 1 N–H and O–H groups in total. The lowest BCUT2D eigenvalue weighted by Crippen LogP contribution is -2.13. The second-order valence-electron chi connectivity index (χ2n) is 4.67. The normalized spacial score (nSPS) is 10.1. The number of anilines is 1. The van der Waals surface area contributed by atoms with Crippen LogP contribution in [0, 0.1) is 0 Å². The second kappa shape index (κ2) is 7.71. The SMILES string of the molecule is COc1cccc(OC)c1CCC(=O)Nc1ccccc1Cl. The van der Waals surface area contributed by atoms with Crippen LogP contribution >= 0.6 is 11.6 Å². The van der Waals surface area contributed by atoms with Crippen LogP contribution in [-0.4, -0.2) is 20.1 Å². The molecule has 1 amide bonds. The maximum Gasteiger partial charge on any atom is 0.224 e. The zero-order valence-corrected chi connectivity index (χ0v) is 13.3. The van der Waals surface area contributed by atoms with Gasteiger partial charge in [-0.1, -0.05) is 29.8 Å². The number of halogens is 1. The van der Waals surface area contributed by atoms with Crippen LogP contribution in [0.25, 0.3) is 0 Å². The van der Waals surface area contributed by atoms with Crippen molar-refractivity contribution in [2.75, 3.05) is 19.5 Å². The molecule has 0 aliphatic heterocycles. The van der Waals surface area contributed by atoms with E-state index in [1.807, 2.05) is 30.3 Å². The van der Waals surface area contributed by atoms with E-state index in [1.165, 1.54) is 0 Å². The smallest absolute Gasteiger partial charge is 0.224 e. The summed E-state index contributed by atoms with van der Waals surface area (Å²) in [5.41, 5.74) is 1.49. The van der Waals surface area contributed by atoms with Crippen molar-refractivity contribution in [2.24, 2.45) is 0 Å². The number of amides is 1. The fourth-order valence-electron chi connectivity index (χ4n) is 2.19. The molecule has 0 aliphatic carbocycles. The largest absolute Gasteiger partial charge is 0.496 e. The summed E-state index contributed by atoms with van der Waals surface area (Å²) >= 11 is 6.03. The second-order valence-corrected chi connectivity index (χ2v) is 5.08. The summed E-state index contributed by atoms with van der Waals surface area (Å²) in [5, 5.41) is 3.32. The van der Waals surface area contributed by atoms with Gasteiger partial charge in [0.2, 0.25) is 5.91 Å². The van der Waals surface area contributed by atoms with Crippen LogP contribution in [0.1, 0.15) is 12.0 Å². The van der Waals surface area contributed by atoms with E-state index in [0.29, 0.717) is 35.1 Å². The minimum atomic E-state index is -0.110.